The number of hydrogen-bond donors (Lipinski definition) is 1. The lowest BCUT2D eigenvalue weighted by molar-refractivity contribution is 0.361. The predicted molar refractivity (Wildman–Crippen MR) is 113 cm³/mol. The molecular formula is C23H30O5. The van der Waals surface area contributed by atoms with Crippen LogP contribution in [0.15, 0.2) is 39.6 Å². The van der Waals surface area contributed by atoms with E-state index >= 15 is 0 Å². The van der Waals surface area contributed by atoms with Crippen LogP contribution in [-0.2, 0) is 6.42 Å². The van der Waals surface area contributed by atoms with E-state index < -0.39 is 0 Å². The molecule has 1 N–H and O–H groups in total. The molecule has 1 aromatic carbocycles. The number of benzene rings is 1. The van der Waals surface area contributed by atoms with Crippen LogP contribution in [0.25, 0.3) is 11.0 Å². The van der Waals surface area contributed by atoms with Gasteiger partial charge in [0.2, 0.25) is 5.75 Å². The summed E-state index contributed by atoms with van der Waals surface area (Å²) in [6.07, 6.45) is 14.3. The molecule has 0 atom stereocenters. The predicted octanol–water partition coefficient (Wildman–Crippen LogP) is 5.45. The molecule has 0 amide bonds. The zero-order valence-electron chi connectivity index (χ0n) is 17.2. The van der Waals surface area contributed by atoms with Crippen molar-refractivity contribution in [1.29, 1.82) is 0 Å². The van der Waals surface area contributed by atoms with Crippen molar-refractivity contribution in [2.45, 2.75) is 52.4 Å². The largest absolute Gasteiger partial charge is 0.502 e. The van der Waals surface area contributed by atoms with E-state index in [1.807, 2.05) is 19.1 Å². The van der Waals surface area contributed by atoms with Gasteiger partial charge in [0, 0.05) is 18.1 Å². The number of unbranched alkanes of at least 4 members (excludes halogenated alkanes) is 4. The second kappa shape index (κ2) is 10.6. The lowest BCUT2D eigenvalue weighted by Crippen LogP contribution is -2.11. The average molecular weight is 386 g/mol. The Kier molecular flexibility index (Phi) is 8.18. The van der Waals surface area contributed by atoms with E-state index in [1.165, 1.54) is 20.3 Å². The summed E-state index contributed by atoms with van der Waals surface area (Å²) in [4.78, 5) is 12.8. The number of fused-ring (bicyclic) bond motifs is 1. The minimum absolute atomic E-state index is 0.121. The molecule has 0 aliphatic rings. The maximum Gasteiger partial charge on any atom is 0.202 e. The van der Waals surface area contributed by atoms with Crippen molar-refractivity contribution >= 4 is 11.0 Å². The third-order valence-electron chi connectivity index (χ3n) is 4.80. The molecule has 0 spiro atoms. The summed E-state index contributed by atoms with van der Waals surface area (Å²) in [6, 6.07) is 1.50. The number of phenolic OH excluding ortho intramolecular Hbond substituents is 1. The van der Waals surface area contributed by atoms with Crippen LogP contribution in [-0.4, -0.2) is 19.3 Å². The van der Waals surface area contributed by atoms with Crippen LogP contribution in [0, 0.1) is 6.92 Å². The molecule has 1 aromatic heterocycles. The number of allylic oxidation sites excluding steroid dienone is 4. The standard InChI is InChI=1S/C23H30O5/c1-5-6-7-8-9-10-11-12-13-14-17-16(2)21(24)20-18(26-3)15-19(27-4)22(25)23(20)28-17/h5-8,15,25H,9-14H2,1-4H3/b6-5+,8-7+. The highest BCUT2D eigenvalue weighted by atomic mass is 16.5. The van der Waals surface area contributed by atoms with E-state index in [4.69, 9.17) is 13.9 Å². The van der Waals surface area contributed by atoms with Crippen LogP contribution >= 0.6 is 0 Å². The van der Waals surface area contributed by atoms with Crippen molar-refractivity contribution in [3.8, 4) is 17.2 Å². The highest BCUT2D eigenvalue weighted by Crippen LogP contribution is 2.40. The van der Waals surface area contributed by atoms with Crippen molar-refractivity contribution in [2.24, 2.45) is 0 Å². The Morgan fingerprint density at radius 3 is 2.46 bits per heavy atom. The van der Waals surface area contributed by atoms with Gasteiger partial charge >= 0.3 is 0 Å². The van der Waals surface area contributed by atoms with E-state index in [0.717, 1.165) is 32.1 Å². The zero-order valence-corrected chi connectivity index (χ0v) is 17.2. The topological polar surface area (TPSA) is 68.9 Å². The second-order valence-corrected chi connectivity index (χ2v) is 6.72. The summed E-state index contributed by atoms with van der Waals surface area (Å²) in [5.74, 6) is 0.980. The summed E-state index contributed by atoms with van der Waals surface area (Å²) >= 11 is 0. The summed E-state index contributed by atoms with van der Waals surface area (Å²) in [5, 5.41) is 10.7. The molecule has 2 aromatic rings. The van der Waals surface area contributed by atoms with Crippen LogP contribution < -0.4 is 14.9 Å². The van der Waals surface area contributed by atoms with E-state index in [9.17, 15) is 9.90 Å². The zero-order chi connectivity index (χ0) is 20.5. The third-order valence-corrected chi connectivity index (χ3v) is 4.80. The van der Waals surface area contributed by atoms with Gasteiger partial charge in [0.15, 0.2) is 16.8 Å². The van der Waals surface area contributed by atoms with Crippen molar-refractivity contribution in [3.05, 3.63) is 51.9 Å². The Balaban J connectivity index is 2.12. The molecule has 2 rings (SSSR count). The molecule has 0 saturated carbocycles. The highest BCUT2D eigenvalue weighted by molar-refractivity contribution is 5.91. The lowest BCUT2D eigenvalue weighted by Gasteiger charge is -2.13. The molecular weight excluding hydrogens is 356 g/mol. The normalized spacial score (nSPS) is 11.7. The van der Waals surface area contributed by atoms with E-state index in [0.29, 0.717) is 23.5 Å². The summed E-state index contributed by atoms with van der Waals surface area (Å²) < 4.78 is 16.4. The number of rotatable bonds is 10. The molecule has 0 unspecified atom stereocenters. The highest BCUT2D eigenvalue weighted by Gasteiger charge is 2.21. The number of aryl methyl sites for hydroxylation is 1. The Hall–Kier alpha value is -2.69. The van der Waals surface area contributed by atoms with Crippen LogP contribution in [0.2, 0.25) is 0 Å². The molecule has 28 heavy (non-hydrogen) atoms. The van der Waals surface area contributed by atoms with Gasteiger partial charge < -0.3 is 19.0 Å². The lowest BCUT2D eigenvalue weighted by atomic mass is 10.0. The summed E-state index contributed by atoms with van der Waals surface area (Å²) in [5.41, 5.74) is 0.501. The molecule has 0 aliphatic carbocycles. The van der Waals surface area contributed by atoms with Gasteiger partial charge in [0.1, 0.15) is 16.9 Å². The van der Waals surface area contributed by atoms with Crippen molar-refractivity contribution in [1.82, 2.24) is 0 Å². The molecule has 5 nitrogen and oxygen atoms in total. The van der Waals surface area contributed by atoms with E-state index in [1.54, 1.807) is 6.92 Å². The summed E-state index contributed by atoms with van der Waals surface area (Å²) in [6.45, 7) is 3.76. The second-order valence-electron chi connectivity index (χ2n) is 6.72. The fraction of sp³-hybridized carbons (Fsp3) is 0.435. The van der Waals surface area contributed by atoms with Crippen LogP contribution in [0.5, 0.6) is 17.2 Å². The first-order valence-corrected chi connectivity index (χ1v) is 9.73. The van der Waals surface area contributed by atoms with Gasteiger partial charge in [-0.25, -0.2) is 0 Å². The Morgan fingerprint density at radius 2 is 1.79 bits per heavy atom. The molecule has 1 heterocycles. The smallest absolute Gasteiger partial charge is 0.202 e. The first-order valence-electron chi connectivity index (χ1n) is 9.73. The SMILES string of the molecule is C/C=C/C=C/CCCCCCc1oc2c(O)c(OC)cc(OC)c2c(=O)c1C. The number of phenols is 1. The molecule has 0 bridgehead atoms. The Labute approximate surface area is 166 Å². The monoisotopic (exact) mass is 386 g/mol. The fourth-order valence-electron chi connectivity index (χ4n) is 3.17. The van der Waals surface area contributed by atoms with Crippen molar-refractivity contribution < 1.29 is 19.0 Å². The van der Waals surface area contributed by atoms with E-state index in [-0.39, 0.29) is 27.9 Å². The van der Waals surface area contributed by atoms with E-state index in [2.05, 4.69) is 12.2 Å². The van der Waals surface area contributed by atoms with Gasteiger partial charge in [-0.15, -0.1) is 0 Å². The van der Waals surface area contributed by atoms with Gasteiger partial charge in [-0.2, -0.15) is 0 Å². The Morgan fingerprint density at radius 1 is 1.07 bits per heavy atom. The number of ether oxygens (including phenoxy) is 2. The van der Waals surface area contributed by atoms with Gasteiger partial charge in [0.05, 0.1) is 14.2 Å². The van der Waals surface area contributed by atoms with Crippen LogP contribution in [0.4, 0.5) is 0 Å². The molecule has 0 aliphatic heterocycles. The molecule has 5 heteroatoms. The molecule has 0 fully saturated rings. The maximum atomic E-state index is 12.8. The number of aromatic hydroxyl groups is 1. The van der Waals surface area contributed by atoms with Gasteiger partial charge in [0.25, 0.3) is 0 Å². The molecule has 0 radical (unpaired) electrons. The fourth-order valence-corrected chi connectivity index (χ4v) is 3.17. The molecule has 152 valence electrons. The van der Waals surface area contributed by atoms with Crippen LogP contribution in [0.3, 0.4) is 0 Å². The van der Waals surface area contributed by atoms with Crippen molar-refractivity contribution in [2.75, 3.05) is 14.2 Å². The summed E-state index contributed by atoms with van der Waals surface area (Å²) in [7, 11) is 2.92. The number of methoxy groups -OCH3 is 2. The van der Waals surface area contributed by atoms with Crippen molar-refractivity contribution in [3.63, 3.8) is 0 Å². The maximum absolute atomic E-state index is 12.8. The van der Waals surface area contributed by atoms with Gasteiger partial charge in [-0.05, 0) is 33.1 Å². The van der Waals surface area contributed by atoms with Gasteiger partial charge in [-0.3, -0.25) is 4.79 Å². The minimum Gasteiger partial charge on any atom is -0.502 e. The molecule has 0 saturated heterocycles. The Bertz CT molecular complexity index is 906. The third kappa shape index (κ3) is 4.97. The quantitative estimate of drug-likeness (QED) is 0.434. The first-order chi connectivity index (χ1) is 13.5. The average Bonchev–Trinajstić information content (AvgIpc) is 2.70. The van der Waals surface area contributed by atoms with Gasteiger partial charge in [-0.1, -0.05) is 37.1 Å². The van der Waals surface area contributed by atoms with Crippen LogP contribution in [0.1, 0.15) is 50.4 Å². The first kappa shape index (κ1) is 21.6. The number of hydrogen-bond acceptors (Lipinski definition) is 5. The minimum atomic E-state index is -0.180.